The highest BCUT2D eigenvalue weighted by Crippen LogP contribution is 2.49. The van der Waals surface area contributed by atoms with Crippen LogP contribution in [-0.2, 0) is 18.8 Å². The summed E-state index contributed by atoms with van der Waals surface area (Å²) in [5.41, 5.74) is 0.860. The monoisotopic (exact) mass is 464 g/mol. The molecule has 0 aromatic heterocycles. The maximum absolute atomic E-state index is 13.1. The van der Waals surface area contributed by atoms with Crippen molar-refractivity contribution in [3.05, 3.63) is 23.9 Å². The first kappa shape index (κ1) is 24.5. The Kier molecular flexibility index (Phi) is 6.64. The molecule has 8 nitrogen and oxygen atoms in total. The molecular formula is C23H36N2O6Si. The minimum Gasteiger partial charge on any atom is -0.477 e. The van der Waals surface area contributed by atoms with Crippen molar-refractivity contribution in [1.29, 1.82) is 0 Å². The van der Waals surface area contributed by atoms with Gasteiger partial charge >= 0.3 is 12.1 Å². The quantitative estimate of drug-likeness (QED) is 0.351. The molecule has 4 atom stereocenters. The molecule has 0 aromatic carbocycles. The number of carbonyl (C=O) groups excluding carboxylic acids is 2. The van der Waals surface area contributed by atoms with Crippen LogP contribution in [0.3, 0.4) is 0 Å². The Hall–Kier alpha value is -2.13. The molecular weight excluding hydrogens is 428 g/mol. The second-order valence-electron chi connectivity index (χ2n) is 10.6. The van der Waals surface area contributed by atoms with Gasteiger partial charge in [-0.2, -0.15) is 0 Å². The number of carbonyl (C=O) groups is 3. The summed E-state index contributed by atoms with van der Waals surface area (Å²) in [6.45, 7) is 17.3. The van der Waals surface area contributed by atoms with Crippen molar-refractivity contribution in [1.82, 2.24) is 9.80 Å². The lowest BCUT2D eigenvalue weighted by molar-refractivity contribution is -0.160. The van der Waals surface area contributed by atoms with E-state index in [9.17, 15) is 19.5 Å². The fraction of sp³-hybridized carbons (Fsp3) is 0.696. The van der Waals surface area contributed by atoms with E-state index in [2.05, 4.69) is 40.4 Å². The van der Waals surface area contributed by atoms with Crippen molar-refractivity contribution in [3.8, 4) is 0 Å². The lowest BCUT2D eigenvalue weighted by Gasteiger charge is -2.48. The minimum atomic E-state index is -2.07. The SMILES string of the molecule is C=CCOC(=O)N1CCC(C2=C(C(=O)O)N3C(=O)[C@H]([C@@H](C)O[Si](C)(C)C(C)(C)C)[C@H]3C2)C1. The molecule has 3 aliphatic heterocycles. The van der Waals surface area contributed by atoms with Crippen LogP contribution in [0.25, 0.3) is 0 Å². The molecule has 32 heavy (non-hydrogen) atoms. The van der Waals surface area contributed by atoms with Crippen LogP contribution in [0.2, 0.25) is 18.1 Å². The van der Waals surface area contributed by atoms with E-state index in [-0.39, 0.29) is 47.2 Å². The van der Waals surface area contributed by atoms with Crippen LogP contribution < -0.4 is 0 Å². The van der Waals surface area contributed by atoms with Crippen LogP contribution >= 0.6 is 0 Å². The molecule has 0 aliphatic carbocycles. The fourth-order valence-electron chi connectivity index (χ4n) is 4.80. The zero-order valence-electron chi connectivity index (χ0n) is 20.0. The molecule has 1 unspecified atom stereocenters. The number of nitrogens with zero attached hydrogens (tertiary/aromatic N) is 2. The number of carboxylic acid groups (broad SMARTS) is 1. The molecule has 2 saturated heterocycles. The molecule has 2 fully saturated rings. The predicted molar refractivity (Wildman–Crippen MR) is 122 cm³/mol. The topological polar surface area (TPSA) is 96.4 Å². The first-order valence-corrected chi connectivity index (χ1v) is 14.2. The molecule has 178 valence electrons. The van der Waals surface area contributed by atoms with Crippen molar-refractivity contribution in [2.75, 3.05) is 19.7 Å². The summed E-state index contributed by atoms with van der Waals surface area (Å²) in [5, 5.41) is 9.92. The largest absolute Gasteiger partial charge is 0.477 e. The van der Waals surface area contributed by atoms with Crippen LogP contribution in [0.4, 0.5) is 4.79 Å². The maximum atomic E-state index is 13.1. The summed E-state index contributed by atoms with van der Waals surface area (Å²) in [4.78, 5) is 40.4. The maximum Gasteiger partial charge on any atom is 0.410 e. The molecule has 2 amide bonds. The van der Waals surface area contributed by atoms with Gasteiger partial charge in [0, 0.05) is 19.0 Å². The summed E-state index contributed by atoms with van der Waals surface area (Å²) in [5.74, 6) is -1.69. The molecule has 9 heteroatoms. The van der Waals surface area contributed by atoms with Gasteiger partial charge in [-0.05, 0) is 43.5 Å². The molecule has 0 spiro atoms. The number of hydrogen-bond donors (Lipinski definition) is 1. The number of amides is 2. The lowest BCUT2D eigenvalue weighted by atomic mass is 9.82. The van der Waals surface area contributed by atoms with E-state index < -0.39 is 20.4 Å². The van der Waals surface area contributed by atoms with Gasteiger partial charge in [0.05, 0.1) is 18.1 Å². The van der Waals surface area contributed by atoms with Crippen LogP contribution in [0.5, 0.6) is 0 Å². The van der Waals surface area contributed by atoms with Crippen LogP contribution in [0.1, 0.15) is 40.5 Å². The summed E-state index contributed by atoms with van der Waals surface area (Å²) >= 11 is 0. The van der Waals surface area contributed by atoms with E-state index >= 15 is 0 Å². The van der Waals surface area contributed by atoms with Gasteiger partial charge in [0.1, 0.15) is 12.3 Å². The fourth-order valence-corrected chi connectivity index (χ4v) is 6.23. The van der Waals surface area contributed by atoms with E-state index in [0.717, 1.165) is 5.57 Å². The first-order chi connectivity index (χ1) is 14.8. The molecule has 3 aliphatic rings. The lowest BCUT2D eigenvalue weighted by Crippen LogP contribution is -2.63. The number of carboxylic acids is 1. The average Bonchev–Trinajstić information content (AvgIpc) is 3.27. The van der Waals surface area contributed by atoms with Gasteiger partial charge in [0.2, 0.25) is 5.91 Å². The molecule has 1 N–H and O–H groups in total. The van der Waals surface area contributed by atoms with Crippen LogP contribution in [0.15, 0.2) is 23.9 Å². The number of β-lactam (4-membered cyclic amide) rings is 1. The highest BCUT2D eigenvalue weighted by atomic mass is 28.4. The van der Waals surface area contributed by atoms with E-state index in [1.807, 2.05) is 6.92 Å². The van der Waals surface area contributed by atoms with Crippen molar-refractivity contribution in [2.24, 2.45) is 11.8 Å². The molecule has 0 saturated carbocycles. The Balaban J connectivity index is 1.74. The smallest absolute Gasteiger partial charge is 0.410 e. The summed E-state index contributed by atoms with van der Waals surface area (Å²) in [6.07, 6.45) is 2.00. The number of fused-ring (bicyclic) bond motifs is 1. The van der Waals surface area contributed by atoms with Gasteiger partial charge in [-0.3, -0.25) is 4.79 Å². The Labute approximate surface area is 191 Å². The molecule has 0 bridgehead atoms. The van der Waals surface area contributed by atoms with Crippen LogP contribution in [0, 0.1) is 11.8 Å². The van der Waals surface area contributed by atoms with Crippen molar-refractivity contribution >= 4 is 26.3 Å². The standard InChI is InChI=1S/C23H36N2O6Si/c1-8-11-30-22(29)24-10-9-15(13-24)16-12-17-18(20(26)25(17)19(16)21(27)28)14(2)31-32(6,7)23(3,4)5/h8,14-15,17-18H,1,9-13H2,2-7H3,(H,27,28)/t14-,15?,17-,18-/m1/s1. The van der Waals surface area contributed by atoms with Crippen molar-refractivity contribution in [2.45, 2.75) is 70.8 Å². The van der Waals surface area contributed by atoms with Gasteiger partial charge in [0.15, 0.2) is 8.32 Å². The van der Waals surface area contributed by atoms with E-state index in [4.69, 9.17) is 9.16 Å². The number of ether oxygens (including phenoxy) is 1. The van der Waals surface area contributed by atoms with E-state index in [1.54, 1.807) is 4.90 Å². The van der Waals surface area contributed by atoms with Gasteiger partial charge in [-0.1, -0.05) is 33.4 Å². The van der Waals surface area contributed by atoms with E-state index in [1.165, 1.54) is 11.0 Å². The van der Waals surface area contributed by atoms with E-state index in [0.29, 0.717) is 25.9 Å². The van der Waals surface area contributed by atoms with Gasteiger partial charge in [0.25, 0.3) is 0 Å². The van der Waals surface area contributed by atoms with Gasteiger partial charge in [-0.15, -0.1) is 0 Å². The molecule has 0 radical (unpaired) electrons. The normalized spacial score (nSPS) is 26.7. The van der Waals surface area contributed by atoms with Crippen molar-refractivity contribution < 1.29 is 28.7 Å². The zero-order valence-corrected chi connectivity index (χ0v) is 21.0. The second kappa shape index (κ2) is 8.66. The third-order valence-electron chi connectivity index (χ3n) is 7.50. The Bertz CT molecular complexity index is 846. The third kappa shape index (κ3) is 4.24. The Morgan fingerprint density at radius 2 is 2.00 bits per heavy atom. The highest BCUT2D eigenvalue weighted by molar-refractivity contribution is 6.74. The summed E-state index contributed by atoms with van der Waals surface area (Å²) < 4.78 is 11.6. The average molecular weight is 465 g/mol. The number of rotatable bonds is 7. The minimum absolute atomic E-state index is 0.0204. The summed E-state index contributed by atoms with van der Waals surface area (Å²) in [7, 11) is -2.07. The number of likely N-dealkylation sites (tertiary alicyclic amines) is 1. The van der Waals surface area contributed by atoms with Crippen LogP contribution in [-0.4, -0.2) is 73.0 Å². The second-order valence-corrected chi connectivity index (χ2v) is 15.3. The Morgan fingerprint density at radius 1 is 1.34 bits per heavy atom. The first-order valence-electron chi connectivity index (χ1n) is 11.3. The molecule has 3 heterocycles. The zero-order chi connectivity index (χ0) is 24.0. The number of hydrogen-bond acceptors (Lipinski definition) is 5. The van der Waals surface area contributed by atoms with Gasteiger partial charge in [-0.25, -0.2) is 9.59 Å². The third-order valence-corrected chi connectivity index (χ3v) is 12.1. The summed E-state index contributed by atoms with van der Waals surface area (Å²) in [6, 6.07) is -0.190. The Morgan fingerprint density at radius 3 is 2.56 bits per heavy atom. The predicted octanol–water partition coefficient (Wildman–Crippen LogP) is 3.61. The van der Waals surface area contributed by atoms with Crippen molar-refractivity contribution in [3.63, 3.8) is 0 Å². The van der Waals surface area contributed by atoms with Gasteiger partial charge < -0.3 is 24.1 Å². The molecule has 0 aromatic rings. The highest BCUT2D eigenvalue weighted by Gasteiger charge is 2.59. The molecule has 3 rings (SSSR count). The number of aliphatic carboxylic acids is 1.